The van der Waals surface area contributed by atoms with Gasteiger partial charge in [-0.05, 0) is 94.2 Å². The Morgan fingerprint density at radius 2 is 1.45 bits per heavy atom. The molecule has 6 rings (SSSR count). The van der Waals surface area contributed by atoms with Gasteiger partial charge in [-0.1, -0.05) is 127 Å². The lowest BCUT2D eigenvalue weighted by molar-refractivity contribution is 0.829. The average molecular weight is 564 g/mol. The van der Waals surface area contributed by atoms with Gasteiger partial charge in [-0.3, -0.25) is 0 Å². The van der Waals surface area contributed by atoms with Gasteiger partial charge >= 0.3 is 0 Å². The van der Waals surface area contributed by atoms with E-state index in [1.54, 1.807) is 0 Å². The van der Waals surface area contributed by atoms with Gasteiger partial charge in [-0.15, -0.1) is 0 Å². The van der Waals surface area contributed by atoms with Crippen molar-refractivity contribution >= 4 is 23.5 Å². The van der Waals surface area contributed by atoms with Crippen LogP contribution in [0.2, 0.25) is 0 Å². The van der Waals surface area contributed by atoms with Crippen molar-refractivity contribution in [2.45, 2.75) is 30.9 Å². The van der Waals surface area contributed by atoms with Crippen molar-refractivity contribution in [1.82, 2.24) is 0 Å². The van der Waals surface area contributed by atoms with Gasteiger partial charge in [-0.25, -0.2) is 0 Å². The number of anilines is 1. The quantitative estimate of drug-likeness (QED) is 0.203. The second-order valence-electron chi connectivity index (χ2n) is 10.8. The van der Waals surface area contributed by atoms with E-state index in [1.807, 2.05) is 6.20 Å². The maximum Gasteiger partial charge on any atom is 0.0380 e. The third-order valence-corrected chi connectivity index (χ3v) is 9.34. The van der Waals surface area contributed by atoms with Crippen molar-refractivity contribution < 1.29 is 0 Å². The fourth-order valence-corrected chi connectivity index (χ4v) is 6.80. The lowest BCUT2D eigenvalue weighted by Gasteiger charge is -2.10. The van der Waals surface area contributed by atoms with Crippen LogP contribution < -0.4 is 5.32 Å². The number of hydrogen-bond donors (Lipinski definition) is 1. The molecule has 2 heteroatoms. The standard InChI is InChI=1S/C40H37NS/c1-3-9-32(10-4-1)34(18-15-31-16-19-35(20-17-31)33-11-5-2-6-12-33)13-7-29-41-39-27-25-37(26-28-39)36-21-23-38(24-22-36)40-14-8-30-42-40/h1-3,5-7,9,11-13,15-29,40-41H,4,8,10,14,30H2/b18-15-,29-7+,34-13+. The molecular formula is C40H37NS. The van der Waals surface area contributed by atoms with E-state index in [-0.39, 0.29) is 0 Å². The molecule has 1 heterocycles. The average Bonchev–Trinajstić information content (AvgIpc) is 3.61. The fourth-order valence-electron chi connectivity index (χ4n) is 5.50. The lowest BCUT2D eigenvalue weighted by Crippen LogP contribution is -1.91. The molecule has 1 fully saturated rings. The Balaban J connectivity index is 1.10. The summed E-state index contributed by atoms with van der Waals surface area (Å²) in [6, 6.07) is 37.1. The molecule has 0 radical (unpaired) electrons. The number of rotatable bonds is 9. The zero-order chi connectivity index (χ0) is 28.4. The van der Waals surface area contributed by atoms with Gasteiger partial charge < -0.3 is 5.32 Å². The molecule has 4 aromatic carbocycles. The number of nitrogens with one attached hydrogen (secondary N) is 1. The van der Waals surface area contributed by atoms with Gasteiger partial charge in [0, 0.05) is 17.1 Å². The molecule has 1 atom stereocenters. The van der Waals surface area contributed by atoms with Crippen molar-refractivity contribution in [1.29, 1.82) is 0 Å². The van der Waals surface area contributed by atoms with E-state index in [2.05, 4.69) is 163 Å². The maximum absolute atomic E-state index is 3.44. The summed E-state index contributed by atoms with van der Waals surface area (Å²) in [5, 5.41) is 4.12. The first-order chi connectivity index (χ1) is 20.8. The molecule has 1 saturated heterocycles. The first-order valence-corrected chi connectivity index (χ1v) is 16.0. The molecular weight excluding hydrogens is 527 g/mol. The van der Waals surface area contributed by atoms with Crippen molar-refractivity contribution in [3.63, 3.8) is 0 Å². The van der Waals surface area contributed by atoms with Gasteiger partial charge in [0.15, 0.2) is 0 Å². The summed E-state index contributed by atoms with van der Waals surface area (Å²) in [5.74, 6) is 1.29. The fraction of sp³-hybridized carbons (Fsp3) is 0.150. The summed E-state index contributed by atoms with van der Waals surface area (Å²) in [6.45, 7) is 0. The van der Waals surface area contributed by atoms with Crippen molar-refractivity contribution in [3.05, 3.63) is 168 Å². The van der Waals surface area contributed by atoms with Gasteiger partial charge in [0.1, 0.15) is 0 Å². The summed E-state index contributed by atoms with van der Waals surface area (Å²) in [7, 11) is 0. The molecule has 1 aliphatic heterocycles. The van der Waals surface area contributed by atoms with Gasteiger partial charge in [-0.2, -0.15) is 11.8 Å². The summed E-state index contributed by atoms with van der Waals surface area (Å²) >= 11 is 2.09. The summed E-state index contributed by atoms with van der Waals surface area (Å²) in [5.41, 5.74) is 11.3. The van der Waals surface area contributed by atoms with Crippen LogP contribution >= 0.6 is 11.8 Å². The number of benzene rings is 4. The highest BCUT2D eigenvalue weighted by atomic mass is 32.2. The smallest absolute Gasteiger partial charge is 0.0380 e. The van der Waals surface area contributed by atoms with Gasteiger partial charge in [0.25, 0.3) is 0 Å². The monoisotopic (exact) mass is 563 g/mol. The van der Waals surface area contributed by atoms with E-state index in [4.69, 9.17) is 0 Å². The molecule has 0 bridgehead atoms. The molecule has 1 nitrogen and oxygen atoms in total. The second kappa shape index (κ2) is 14.1. The highest BCUT2D eigenvalue weighted by Crippen LogP contribution is 2.40. The van der Waals surface area contributed by atoms with Crippen LogP contribution in [0, 0.1) is 0 Å². The molecule has 1 aliphatic carbocycles. The van der Waals surface area contributed by atoms with Crippen LogP contribution in [0.1, 0.15) is 42.1 Å². The molecule has 2 aliphatic rings. The Kier molecular flexibility index (Phi) is 9.34. The van der Waals surface area contributed by atoms with E-state index >= 15 is 0 Å². The number of thioether (sulfide) groups is 1. The minimum Gasteiger partial charge on any atom is -0.362 e. The third kappa shape index (κ3) is 7.32. The van der Waals surface area contributed by atoms with Crippen molar-refractivity contribution in [2.75, 3.05) is 11.1 Å². The van der Waals surface area contributed by atoms with E-state index < -0.39 is 0 Å². The Hall–Kier alpha value is -4.27. The molecule has 0 aromatic heterocycles. The highest BCUT2D eigenvalue weighted by molar-refractivity contribution is 7.99. The molecule has 42 heavy (non-hydrogen) atoms. The zero-order valence-corrected chi connectivity index (χ0v) is 24.8. The topological polar surface area (TPSA) is 12.0 Å². The second-order valence-corrected chi connectivity index (χ2v) is 12.1. The molecule has 1 unspecified atom stereocenters. The molecule has 4 aromatic rings. The minimum absolute atomic E-state index is 0.680. The van der Waals surface area contributed by atoms with Gasteiger partial charge in [0.2, 0.25) is 0 Å². The molecule has 208 valence electrons. The van der Waals surface area contributed by atoms with Crippen LogP contribution in [0.5, 0.6) is 0 Å². The van der Waals surface area contributed by atoms with E-state index in [9.17, 15) is 0 Å². The summed E-state index contributed by atoms with van der Waals surface area (Å²) in [4.78, 5) is 0. The minimum atomic E-state index is 0.680. The van der Waals surface area contributed by atoms with Crippen LogP contribution in [-0.2, 0) is 0 Å². The van der Waals surface area contributed by atoms with Crippen LogP contribution in [0.4, 0.5) is 5.69 Å². The maximum atomic E-state index is 3.44. The Morgan fingerprint density at radius 3 is 2.12 bits per heavy atom. The van der Waals surface area contributed by atoms with Gasteiger partial charge in [0.05, 0.1) is 0 Å². The van der Waals surface area contributed by atoms with Crippen LogP contribution in [0.15, 0.2) is 157 Å². The van der Waals surface area contributed by atoms with Crippen molar-refractivity contribution in [3.8, 4) is 22.3 Å². The predicted molar refractivity (Wildman–Crippen MR) is 185 cm³/mol. The van der Waals surface area contributed by atoms with Crippen LogP contribution in [-0.4, -0.2) is 5.75 Å². The molecule has 0 saturated carbocycles. The first kappa shape index (κ1) is 27.9. The van der Waals surface area contributed by atoms with Crippen LogP contribution in [0.3, 0.4) is 0 Å². The SMILES string of the molecule is C1=CCCC(C(/C=C\c2ccc(-c3ccccc3)cc2)=C/C=C/Nc2ccc(-c3ccc(C4CCCS4)cc3)cc2)=C1. The van der Waals surface area contributed by atoms with Crippen molar-refractivity contribution in [2.24, 2.45) is 0 Å². The van der Waals surface area contributed by atoms with E-state index in [0.717, 1.165) is 18.5 Å². The van der Waals surface area contributed by atoms with E-state index in [1.165, 1.54) is 63.1 Å². The molecule has 0 spiro atoms. The molecule has 1 N–H and O–H groups in total. The largest absolute Gasteiger partial charge is 0.362 e. The predicted octanol–water partition coefficient (Wildman–Crippen LogP) is 11.4. The third-order valence-electron chi connectivity index (χ3n) is 7.91. The summed E-state index contributed by atoms with van der Waals surface area (Å²) < 4.78 is 0. The normalized spacial score (nSPS) is 17.2. The highest BCUT2D eigenvalue weighted by Gasteiger charge is 2.17. The number of allylic oxidation sites excluding steroid dienone is 8. The van der Waals surface area contributed by atoms with E-state index in [0.29, 0.717) is 5.25 Å². The van der Waals surface area contributed by atoms with Crippen LogP contribution in [0.25, 0.3) is 28.3 Å². The number of hydrogen-bond acceptors (Lipinski definition) is 2. The first-order valence-electron chi connectivity index (χ1n) is 15.0. The molecule has 0 amide bonds. The Bertz CT molecular complexity index is 1600. The lowest BCUT2D eigenvalue weighted by atomic mass is 9.96. The summed E-state index contributed by atoms with van der Waals surface area (Å²) in [6.07, 6.45) is 22.2. The zero-order valence-electron chi connectivity index (χ0n) is 24.0. The Labute approximate surface area is 255 Å². The Morgan fingerprint density at radius 1 is 0.762 bits per heavy atom.